The minimum atomic E-state index is -0.621. The number of carbonyl (C=O) groups is 2. The van der Waals surface area contributed by atoms with E-state index in [1.165, 1.54) is 23.1 Å². The molecule has 210 valence electrons. The van der Waals surface area contributed by atoms with Crippen molar-refractivity contribution in [3.63, 3.8) is 0 Å². The highest BCUT2D eigenvalue weighted by Crippen LogP contribution is 2.51. The van der Waals surface area contributed by atoms with Crippen molar-refractivity contribution in [1.29, 1.82) is 5.26 Å². The number of Topliss-reactive ketones (excluding diaryl/α,β-unsaturated/α-hetero) is 1. The Bertz CT molecular complexity index is 1670. The number of anilines is 2. The van der Waals surface area contributed by atoms with Gasteiger partial charge >= 0.3 is 0 Å². The molecule has 1 amide bonds. The molecule has 5 rings (SSSR count). The summed E-state index contributed by atoms with van der Waals surface area (Å²) in [5, 5.41) is 22.8. The molecule has 1 atom stereocenters. The number of thioether (sulfide) groups is 1. The van der Waals surface area contributed by atoms with E-state index >= 15 is 0 Å². The number of nitriles is 1. The molecule has 1 unspecified atom stereocenters. The normalized spacial score (nSPS) is 18.3. The van der Waals surface area contributed by atoms with Crippen LogP contribution in [0.3, 0.4) is 0 Å². The van der Waals surface area contributed by atoms with Crippen LogP contribution in [0.4, 0.5) is 10.8 Å². The summed E-state index contributed by atoms with van der Waals surface area (Å²) < 4.78 is 0.572. The maximum Gasteiger partial charge on any atom is 0.234 e. The van der Waals surface area contributed by atoms with Crippen molar-refractivity contribution in [2.45, 2.75) is 50.8 Å². The van der Waals surface area contributed by atoms with E-state index in [2.05, 4.69) is 21.6 Å². The number of rotatable bonds is 6. The zero-order chi connectivity index (χ0) is 29.5. The van der Waals surface area contributed by atoms with E-state index in [1.807, 2.05) is 52.0 Å². The Balaban J connectivity index is 1.46. The molecular formula is C30H29ClN6O2S2. The Morgan fingerprint density at radius 1 is 1.24 bits per heavy atom. The number of aryl methyl sites for hydroxylation is 2. The molecule has 0 spiro atoms. The molecule has 2 heterocycles. The molecule has 8 nitrogen and oxygen atoms in total. The number of ketones is 1. The molecule has 41 heavy (non-hydrogen) atoms. The molecule has 0 bridgehead atoms. The molecule has 1 aliphatic carbocycles. The molecule has 1 aliphatic heterocycles. The summed E-state index contributed by atoms with van der Waals surface area (Å²) in [6.45, 7) is 8.04. The van der Waals surface area contributed by atoms with E-state index in [9.17, 15) is 14.9 Å². The average Bonchev–Trinajstić information content (AvgIpc) is 3.36. The number of aromatic nitrogens is 2. The van der Waals surface area contributed by atoms with Crippen LogP contribution in [0.5, 0.6) is 0 Å². The van der Waals surface area contributed by atoms with Gasteiger partial charge in [0.1, 0.15) is 5.82 Å². The number of hydrogen-bond donors (Lipinski definition) is 2. The first-order valence-corrected chi connectivity index (χ1v) is 15.2. The first-order valence-electron chi connectivity index (χ1n) is 13.0. The highest BCUT2D eigenvalue weighted by atomic mass is 35.5. The second-order valence-electron chi connectivity index (χ2n) is 11.0. The topological polar surface area (TPSA) is 125 Å². The Morgan fingerprint density at radius 2 is 2.02 bits per heavy atom. The number of allylic oxidation sites excluding steroid dienone is 3. The molecule has 11 heteroatoms. The highest BCUT2D eigenvalue weighted by Gasteiger charge is 2.45. The maximum atomic E-state index is 13.7. The molecule has 0 fully saturated rings. The predicted molar refractivity (Wildman–Crippen MR) is 164 cm³/mol. The van der Waals surface area contributed by atoms with Crippen molar-refractivity contribution in [1.82, 2.24) is 10.2 Å². The first kappa shape index (κ1) is 28.9. The summed E-state index contributed by atoms with van der Waals surface area (Å²) in [5.41, 5.74) is 11.5. The van der Waals surface area contributed by atoms with Crippen molar-refractivity contribution in [2.24, 2.45) is 11.1 Å². The van der Waals surface area contributed by atoms with Crippen LogP contribution in [0.2, 0.25) is 5.02 Å². The third kappa shape index (κ3) is 5.89. The third-order valence-electron chi connectivity index (χ3n) is 7.13. The summed E-state index contributed by atoms with van der Waals surface area (Å²) in [6, 6.07) is 15.3. The minimum absolute atomic E-state index is 0.0336. The van der Waals surface area contributed by atoms with Crippen LogP contribution < -0.4 is 16.0 Å². The third-order valence-corrected chi connectivity index (χ3v) is 9.41. The molecule has 2 aromatic carbocycles. The lowest BCUT2D eigenvalue weighted by molar-refractivity contribution is -0.118. The van der Waals surface area contributed by atoms with E-state index < -0.39 is 5.92 Å². The lowest BCUT2D eigenvalue weighted by Gasteiger charge is -2.42. The van der Waals surface area contributed by atoms with Crippen molar-refractivity contribution < 1.29 is 9.59 Å². The summed E-state index contributed by atoms with van der Waals surface area (Å²) in [5.74, 6) is -0.454. The van der Waals surface area contributed by atoms with Gasteiger partial charge in [0.15, 0.2) is 10.1 Å². The first-order chi connectivity index (χ1) is 19.5. The van der Waals surface area contributed by atoms with E-state index in [0.29, 0.717) is 38.6 Å². The van der Waals surface area contributed by atoms with E-state index in [0.717, 1.165) is 22.4 Å². The smallest absolute Gasteiger partial charge is 0.234 e. The van der Waals surface area contributed by atoms with Crippen LogP contribution in [0, 0.1) is 30.6 Å². The molecule has 0 saturated carbocycles. The number of amides is 1. The molecular weight excluding hydrogens is 576 g/mol. The molecule has 3 aromatic rings. The van der Waals surface area contributed by atoms with Crippen molar-refractivity contribution in [2.75, 3.05) is 16.0 Å². The summed E-state index contributed by atoms with van der Waals surface area (Å²) in [7, 11) is 0. The van der Waals surface area contributed by atoms with Gasteiger partial charge in [-0.1, -0.05) is 78.4 Å². The largest absolute Gasteiger partial charge is 0.384 e. The second kappa shape index (κ2) is 11.3. The SMILES string of the molecule is Cc1ccc(NC(=O)CSc2nnc(N3C(N)=C(C#N)C(c4cccc(Cl)c4)C4=C3CC(C)(C)CC4=O)s2)c(C)c1. The predicted octanol–water partition coefficient (Wildman–Crippen LogP) is 6.48. The number of nitrogens with two attached hydrogens (primary N) is 1. The number of halogens is 1. The van der Waals surface area contributed by atoms with E-state index in [1.54, 1.807) is 23.1 Å². The highest BCUT2D eigenvalue weighted by molar-refractivity contribution is 8.01. The number of nitrogens with zero attached hydrogens (tertiary/aromatic N) is 4. The Labute approximate surface area is 252 Å². The Kier molecular flexibility index (Phi) is 7.97. The van der Waals surface area contributed by atoms with Gasteiger partial charge in [-0.3, -0.25) is 14.5 Å². The monoisotopic (exact) mass is 604 g/mol. The zero-order valence-electron chi connectivity index (χ0n) is 23.1. The minimum Gasteiger partial charge on any atom is -0.384 e. The summed E-state index contributed by atoms with van der Waals surface area (Å²) in [4.78, 5) is 28.0. The fourth-order valence-corrected chi connectivity index (χ4v) is 7.24. The molecule has 2 aliphatic rings. The Hall–Kier alpha value is -3.65. The molecule has 0 radical (unpaired) electrons. The van der Waals surface area contributed by atoms with Gasteiger partial charge in [0, 0.05) is 28.4 Å². The van der Waals surface area contributed by atoms with Gasteiger partial charge in [0.25, 0.3) is 0 Å². The zero-order valence-corrected chi connectivity index (χ0v) is 25.5. The van der Waals surface area contributed by atoms with Crippen molar-refractivity contribution in [3.8, 4) is 6.07 Å². The van der Waals surface area contributed by atoms with Crippen LogP contribution >= 0.6 is 34.7 Å². The van der Waals surface area contributed by atoms with Gasteiger partial charge in [-0.05, 0) is 55.0 Å². The maximum absolute atomic E-state index is 13.7. The van der Waals surface area contributed by atoms with Crippen LogP contribution in [-0.4, -0.2) is 27.6 Å². The van der Waals surface area contributed by atoms with Crippen LogP contribution in [0.1, 0.15) is 49.3 Å². The standard InChI is InChI=1S/C30H29ClN6O2S2/c1-16-8-9-21(17(2)10-16)34-24(39)15-40-29-36-35-28(41-29)37-22-12-30(3,4)13-23(38)26(22)25(20(14-32)27(37)33)18-6-5-7-19(31)11-18/h5-11,25H,12-13,15,33H2,1-4H3,(H,34,39). The van der Waals surface area contributed by atoms with Gasteiger partial charge in [-0.25, -0.2) is 0 Å². The second-order valence-corrected chi connectivity index (χ2v) is 13.7. The fourth-order valence-electron chi connectivity index (χ4n) is 5.37. The number of hydrogen-bond acceptors (Lipinski definition) is 9. The van der Waals surface area contributed by atoms with E-state index in [4.69, 9.17) is 17.3 Å². The van der Waals surface area contributed by atoms with Gasteiger partial charge in [0.05, 0.1) is 23.3 Å². The number of benzene rings is 2. The molecule has 1 aromatic heterocycles. The van der Waals surface area contributed by atoms with Crippen LogP contribution in [0.25, 0.3) is 0 Å². The van der Waals surface area contributed by atoms with Gasteiger partial charge < -0.3 is 11.1 Å². The molecule has 0 saturated heterocycles. The van der Waals surface area contributed by atoms with E-state index in [-0.39, 0.29) is 34.3 Å². The van der Waals surface area contributed by atoms with Gasteiger partial charge in [-0.15, -0.1) is 10.2 Å². The number of carbonyl (C=O) groups excluding carboxylic acids is 2. The van der Waals surface area contributed by atoms with Crippen LogP contribution in [-0.2, 0) is 9.59 Å². The average molecular weight is 605 g/mol. The lowest BCUT2D eigenvalue weighted by Crippen LogP contribution is -2.42. The Morgan fingerprint density at radius 3 is 2.73 bits per heavy atom. The summed E-state index contributed by atoms with van der Waals surface area (Å²) in [6.07, 6.45) is 0.910. The summed E-state index contributed by atoms with van der Waals surface area (Å²) >= 11 is 8.82. The quantitative estimate of drug-likeness (QED) is 0.306. The fraction of sp³-hybridized carbons (Fsp3) is 0.300. The van der Waals surface area contributed by atoms with Crippen molar-refractivity contribution in [3.05, 3.63) is 86.8 Å². The van der Waals surface area contributed by atoms with Crippen LogP contribution in [0.15, 0.2) is 69.5 Å². The van der Waals surface area contributed by atoms with Gasteiger partial charge in [-0.2, -0.15) is 5.26 Å². The number of nitrogens with one attached hydrogen (secondary N) is 1. The van der Waals surface area contributed by atoms with Crippen molar-refractivity contribution >= 4 is 57.2 Å². The van der Waals surface area contributed by atoms with Gasteiger partial charge in [0.2, 0.25) is 11.0 Å². The molecule has 3 N–H and O–H groups in total. The lowest BCUT2D eigenvalue weighted by atomic mass is 9.69.